The molecule has 0 aliphatic heterocycles. The lowest BCUT2D eigenvalue weighted by Gasteiger charge is -2.13. The molecule has 2 aromatic rings. The molecule has 2 N–H and O–H groups in total. The van der Waals surface area contributed by atoms with E-state index < -0.39 is 11.7 Å². The maximum Gasteiger partial charge on any atom is 0.416 e. The van der Waals surface area contributed by atoms with Crippen LogP contribution in [-0.4, -0.2) is 44.0 Å². The standard InChI is InChI=1S/C22H27F3N4O.HI/c1-4-26-21(28-15-17-8-6-10-19(14-17)22(23,24)25)27-12-11-16-7-5-9-18(13-16)20(30)29(2)3;/h5-10,13-14H,4,11-12,15H2,1-3H3,(H2,26,27,28);1H. The summed E-state index contributed by atoms with van der Waals surface area (Å²) in [6, 6.07) is 12.6. The summed E-state index contributed by atoms with van der Waals surface area (Å²) in [7, 11) is 3.42. The van der Waals surface area contributed by atoms with Crippen molar-refractivity contribution in [3.63, 3.8) is 0 Å². The summed E-state index contributed by atoms with van der Waals surface area (Å²) in [6.07, 6.45) is -3.70. The summed E-state index contributed by atoms with van der Waals surface area (Å²) in [6.45, 7) is 3.24. The SMILES string of the molecule is CCNC(=NCc1cccc(C(F)(F)F)c1)NCCc1cccc(C(=O)N(C)C)c1.I. The molecule has 0 saturated heterocycles. The molecule has 0 heterocycles. The first-order valence-corrected chi connectivity index (χ1v) is 9.69. The summed E-state index contributed by atoms with van der Waals surface area (Å²) in [5, 5.41) is 6.26. The molecule has 0 aliphatic rings. The van der Waals surface area contributed by atoms with Gasteiger partial charge in [-0.3, -0.25) is 4.79 Å². The highest BCUT2D eigenvalue weighted by atomic mass is 127. The molecule has 2 rings (SSSR count). The van der Waals surface area contributed by atoms with Gasteiger partial charge < -0.3 is 15.5 Å². The number of rotatable bonds is 7. The second-order valence-corrected chi connectivity index (χ2v) is 6.97. The van der Waals surface area contributed by atoms with Crippen molar-refractivity contribution in [3.8, 4) is 0 Å². The highest BCUT2D eigenvalue weighted by molar-refractivity contribution is 14.0. The second kappa shape index (κ2) is 12.5. The second-order valence-electron chi connectivity index (χ2n) is 6.97. The van der Waals surface area contributed by atoms with E-state index in [1.54, 1.807) is 26.2 Å². The minimum absolute atomic E-state index is 0. The Morgan fingerprint density at radius 2 is 1.71 bits per heavy atom. The van der Waals surface area contributed by atoms with E-state index in [2.05, 4.69) is 15.6 Å². The first kappa shape index (κ1) is 26.7. The Balaban J connectivity index is 0.00000480. The minimum atomic E-state index is -4.37. The average Bonchev–Trinajstić information content (AvgIpc) is 2.71. The maximum atomic E-state index is 12.9. The zero-order valence-electron chi connectivity index (χ0n) is 17.8. The van der Waals surface area contributed by atoms with Crippen molar-refractivity contribution >= 4 is 35.8 Å². The number of nitrogens with zero attached hydrogens (tertiary/aromatic N) is 2. The van der Waals surface area contributed by atoms with Crippen LogP contribution >= 0.6 is 24.0 Å². The minimum Gasteiger partial charge on any atom is -0.357 e. The Morgan fingerprint density at radius 1 is 1.03 bits per heavy atom. The first-order valence-electron chi connectivity index (χ1n) is 9.69. The van der Waals surface area contributed by atoms with Crippen LogP contribution in [0.5, 0.6) is 0 Å². The quantitative estimate of drug-likeness (QED) is 0.308. The van der Waals surface area contributed by atoms with Crippen molar-refractivity contribution in [2.45, 2.75) is 26.1 Å². The average molecular weight is 548 g/mol. The Hall–Kier alpha value is -2.30. The van der Waals surface area contributed by atoms with Crippen molar-refractivity contribution in [3.05, 3.63) is 70.8 Å². The van der Waals surface area contributed by atoms with Gasteiger partial charge in [-0.15, -0.1) is 24.0 Å². The Kier molecular flexibility index (Phi) is 10.8. The summed E-state index contributed by atoms with van der Waals surface area (Å²) in [4.78, 5) is 18.0. The van der Waals surface area contributed by atoms with Crippen LogP contribution in [0.4, 0.5) is 13.2 Å². The maximum absolute atomic E-state index is 12.9. The fourth-order valence-electron chi connectivity index (χ4n) is 2.80. The monoisotopic (exact) mass is 548 g/mol. The van der Waals surface area contributed by atoms with Gasteiger partial charge in [-0.25, -0.2) is 4.99 Å². The van der Waals surface area contributed by atoms with Crippen LogP contribution in [0, 0.1) is 0 Å². The molecule has 0 saturated carbocycles. The van der Waals surface area contributed by atoms with Crippen LogP contribution in [0.25, 0.3) is 0 Å². The number of amides is 1. The van der Waals surface area contributed by atoms with Gasteiger partial charge in [0, 0.05) is 32.7 Å². The predicted molar refractivity (Wildman–Crippen MR) is 128 cm³/mol. The number of hydrogen-bond donors (Lipinski definition) is 2. The van der Waals surface area contributed by atoms with Gasteiger partial charge in [0.2, 0.25) is 0 Å². The summed E-state index contributed by atoms with van der Waals surface area (Å²) in [5.74, 6) is 0.469. The zero-order valence-corrected chi connectivity index (χ0v) is 20.1. The van der Waals surface area contributed by atoms with Gasteiger partial charge in [-0.05, 0) is 48.7 Å². The molecule has 0 bridgehead atoms. The van der Waals surface area contributed by atoms with Gasteiger partial charge in [-0.1, -0.05) is 24.3 Å². The molecule has 0 aromatic heterocycles. The number of carbonyl (C=O) groups excluding carboxylic acids is 1. The molecular weight excluding hydrogens is 520 g/mol. The smallest absolute Gasteiger partial charge is 0.357 e. The number of guanidine groups is 1. The molecule has 0 aliphatic carbocycles. The molecule has 170 valence electrons. The fraction of sp³-hybridized carbons (Fsp3) is 0.364. The van der Waals surface area contributed by atoms with Gasteiger partial charge in [0.1, 0.15) is 0 Å². The van der Waals surface area contributed by atoms with Gasteiger partial charge in [0.15, 0.2) is 5.96 Å². The molecule has 5 nitrogen and oxygen atoms in total. The van der Waals surface area contributed by atoms with E-state index in [0.29, 0.717) is 36.6 Å². The number of halogens is 4. The van der Waals surface area contributed by atoms with E-state index in [9.17, 15) is 18.0 Å². The highest BCUT2D eigenvalue weighted by Crippen LogP contribution is 2.29. The highest BCUT2D eigenvalue weighted by Gasteiger charge is 2.30. The number of alkyl halides is 3. The molecule has 9 heteroatoms. The molecule has 2 aromatic carbocycles. The van der Waals surface area contributed by atoms with E-state index in [4.69, 9.17) is 0 Å². The van der Waals surface area contributed by atoms with Crippen molar-refractivity contribution in [1.29, 1.82) is 0 Å². The molecule has 0 unspecified atom stereocenters. The van der Waals surface area contributed by atoms with Crippen LogP contribution in [0.1, 0.15) is 34.0 Å². The summed E-state index contributed by atoms with van der Waals surface area (Å²) >= 11 is 0. The zero-order chi connectivity index (χ0) is 22.1. The molecule has 0 spiro atoms. The molecule has 0 fully saturated rings. The van der Waals surface area contributed by atoms with Gasteiger partial charge >= 0.3 is 6.18 Å². The van der Waals surface area contributed by atoms with Gasteiger partial charge in [-0.2, -0.15) is 13.2 Å². The van der Waals surface area contributed by atoms with E-state index in [1.165, 1.54) is 11.0 Å². The molecule has 0 radical (unpaired) electrons. The Morgan fingerprint density at radius 3 is 2.35 bits per heavy atom. The lowest BCUT2D eigenvalue weighted by Crippen LogP contribution is -2.38. The molecular formula is C22H28F3IN4O. The first-order chi connectivity index (χ1) is 14.2. The number of carbonyl (C=O) groups is 1. The van der Waals surface area contributed by atoms with Crippen LogP contribution in [-0.2, 0) is 19.1 Å². The number of aliphatic imine (C=N–C) groups is 1. The van der Waals surface area contributed by atoms with Crippen LogP contribution < -0.4 is 10.6 Å². The summed E-state index contributed by atoms with van der Waals surface area (Å²) in [5.41, 5.74) is 1.43. The van der Waals surface area contributed by atoms with E-state index in [1.807, 2.05) is 25.1 Å². The van der Waals surface area contributed by atoms with Gasteiger partial charge in [0.05, 0.1) is 12.1 Å². The van der Waals surface area contributed by atoms with Crippen molar-refractivity contribution < 1.29 is 18.0 Å². The largest absolute Gasteiger partial charge is 0.416 e. The summed E-state index contributed by atoms with van der Waals surface area (Å²) < 4.78 is 38.6. The predicted octanol–water partition coefficient (Wildman–Crippen LogP) is 4.32. The third-order valence-electron chi connectivity index (χ3n) is 4.30. The molecule has 0 atom stereocenters. The van der Waals surface area contributed by atoms with Crippen molar-refractivity contribution in [2.75, 3.05) is 27.2 Å². The fourth-order valence-corrected chi connectivity index (χ4v) is 2.80. The van der Waals surface area contributed by atoms with Crippen LogP contribution in [0.15, 0.2) is 53.5 Å². The number of hydrogen-bond acceptors (Lipinski definition) is 2. The van der Waals surface area contributed by atoms with Crippen LogP contribution in [0.3, 0.4) is 0 Å². The lowest BCUT2D eigenvalue weighted by atomic mass is 10.1. The Bertz CT molecular complexity index is 885. The number of nitrogens with one attached hydrogen (secondary N) is 2. The topological polar surface area (TPSA) is 56.7 Å². The lowest BCUT2D eigenvalue weighted by molar-refractivity contribution is -0.137. The van der Waals surface area contributed by atoms with E-state index >= 15 is 0 Å². The molecule has 31 heavy (non-hydrogen) atoms. The number of benzene rings is 2. The molecule has 1 amide bonds. The van der Waals surface area contributed by atoms with Gasteiger partial charge in [0.25, 0.3) is 5.91 Å². The van der Waals surface area contributed by atoms with Crippen LogP contribution in [0.2, 0.25) is 0 Å². The van der Waals surface area contributed by atoms with E-state index in [-0.39, 0.29) is 36.4 Å². The van der Waals surface area contributed by atoms with Crippen molar-refractivity contribution in [1.82, 2.24) is 15.5 Å². The Labute approximate surface area is 198 Å². The third-order valence-corrected chi connectivity index (χ3v) is 4.30. The van der Waals surface area contributed by atoms with Crippen molar-refractivity contribution in [2.24, 2.45) is 4.99 Å². The third kappa shape index (κ3) is 8.76. The van der Waals surface area contributed by atoms with E-state index in [0.717, 1.165) is 17.7 Å². The normalized spacial score (nSPS) is 11.5.